The summed E-state index contributed by atoms with van der Waals surface area (Å²) in [6.45, 7) is 7.33. The van der Waals surface area contributed by atoms with Gasteiger partial charge in [-0.25, -0.2) is 0 Å². The lowest BCUT2D eigenvalue weighted by atomic mass is 9.93. The van der Waals surface area contributed by atoms with Crippen molar-refractivity contribution in [2.45, 2.75) is 57.8 Å². The molecule has 0 bridgehead atoms. The average Bonchev–Trinajstić information content (AvgIpc) is 3.61. The maximum Gasteiger partial charge on any atom is 0.251 e. The van der Waals surface area contributed by atoms with Gasteiger partial charge in [0, 0.05) is 36.1 Å². The number of ether oxygens (including phenoxy) is 1. The molecule has 5 rings (SSSR count). The van der Waals surface area contributed by atoms with Gasteiger partial charge in [0.1, 0.15) is 5.75 Å². The molecule has 1 aromatic heterocycles. The molecule has 10 nitrogen and oxygen atoms in total. The average molecular weight is 622 g/mol. The zero-order valence-electron chi connectivity index (χ0n) is 25.7. The van der Waals surface area contributed by atoms with E-state index in [4.69, 9.17) is 4.74 Å². The van der Waals surface area contributed by atoms with E-state index < -0.39 is 28.5 Å². The van der Waals surface area contributed by atoms with E-state index in [9.17, 15) is 19.0 Å². The van der Waals surface area contributed by atoms with Crippen LogP contribution in [0.3, 0.4) is 0 Å². The van der Waals surface area contributed by atoms with E-state index in [1.54, 1.807) is 34.4 Å². The molecule has 1 saturated heterocycles. The highest BCUT2D eigenvalue weighted by Gasteiger charge is 2.32. The zero-order valence-corrected chi connectivity index (χ0v) is 26.6. The number of carbonyl (C=O) groups is 1. The summed E-state index contributed by atoms with van der Waals surface area (Å²) in [4.78, 5) is 13.9. The molecule has 0 saturated carbocycles. The monoisotopic (exact) mass is 621 g/mol. The Morgan fingerprint density at radius 1 is 1.11 bits per heavy atom. The summed E-state index contributed by atoms with van der Waals surface area (Å²) in [7, 11) is -1.36. The molecular weight excluding hydrogens is 578 g/mol. The summed E-state index contributed by atoms with van der Waals surface area (Å²) in [5, 5.41) is 23.3. The van der Waals surface area contributed by atoms with Crippen LogP contribution in [-0.2, 0) is 18.5 Å². The van der Waals surface area contributed by atoms with E-state index in [1.165, 1.54) is 0 Å². The summed E-state index contributed by atoms with van der Waals surface area (Å²) in [6.07, 6.45) is 1.86. The molecular formula is C33H43N5O5S. The molecule has 1 aliphatic rings. The van der Waals surface area contributed by atoms with Crippen molar-refractivity contribution in [3.63, 3.8) is 0 Å². The number of hydrogen-bond acceptors (Lipinski definition) is 8. The highest BCUT2D eigenvalue weighted by molar-refractivity contribution is 8.25. The molecule has 0 radical (unpaired) electrons. The molecule has 4 aromatic rings. The van der Waals surface area contributed by atoms with Gasteiger partial charge in [0.25, 0.3) is 5.91 Å². The van der Waals surface area contributed by atoms with Crippen molar-refractivity contribution >= 4 is 33.3 Å². The minimum Gasteiger partial charge on any atom is -0.497 e. The molecule has 2 heterocycles. The van der Waals surface area contributed by atoms with Gasteiger partial charge in [-0.3, -0.25) is 22.9 Å². The van der Waals surface area contributed by atoms with Crippen molar-refractivity contribution in [3.05, 3.63) is 89.6 Å². The van der Waals surface area contributed by atoms with Crippen molar-refractivity contribution in [1.82, 2.24) is 20.4 Å². The Labute approximate surface area is 260 Å². The lowest BCUT2D eigenvalue weighted by molar-refractivity contribution is 0.0814. The number of aryl methyl sites for hydroxylation is 1. The van der Waals surface area contributed by atoms with Crippen LogP contribution in [0.1, 0.15) is 48.7 Å². The largest absolute Gasteiger partial charge is 0.497 e. The highest BCUT2D eigenvalue weighted by Crippen LogP contribution is 2.52. The van der Waals surface area contributed by atoms with E-state index in [1.807, 2.05) is 75.4 Å². The number of nitrogens with one attached hydrogen (secondary N) is 2. The number of aliphatic hydroxyl groups excluding tert-OH is 1. The summed E-state index contributed by atoms with van der Waals surface area (Å²) in [5.74, 6) is 0.680. The minimum atomic E-state index is -2.99. The molecule has 236 valence electrons. The smallest absolute Gasteiger partial charge is 0.251 e. The molecule has 2 atom stereocenters. The molecule has 0 aliphatic carbocycles. The van der Waals surface area contributed by atoms with Crippen molar-refractivity contribution < 1.29 is 23.7 Å². The number of rotatable bonds is 12. The van der Waals surface area contributed by atoms with E-state index in [-0.39, 0.29) is 18.2 Å². The fourth-order valence-corrected chi connectivity index (χ4v) is 7.33. The third-order valence-electron chi connectivity index (χ3n) is 8.33. The van der Waals surface area contributed by atoms with Gasteiger partial charge in [-0.1, -0.05) is 42.5 Å². The number of carbonyl (C=O) groups excluding carboxylic acids is 1. The summed E-state index contributed by atoms with van der Waals surface area (Å²) < 4.78 is 30.3. The second-order valence-electron chi connectivity index (χ2n) is 11.8. The Balaban J connectivity index is 1.42. The molecule has 0 spiro atoms. The number of nitrogens with zero attached hydrogens (tertiary/aromatic N) is 3. The number of hydrogen-bond donors (Lipinski definition) is 5. The predicted molar refractivity (Wildman–Crippen MR) is 177 cm³/mol. The maximum absolute atomic E-state index is 13.9. The van der Waals surface area contributed by atoms with E-state index in [0.717, 1.165) is 27.8 Å². The van der Waals surface area contributed by atoms with Gasteiger partial charge in [0.05, 0.1) is 42.4 Å². The van der Waals surface area contributed by atoms with Crippen LogP contribution in [0.5, 0.6) is 5.75 Å². The van der Waals surface area contributed by atoms with Gasteiger partial charge in [0.2, 0.25) is 0 Å². The summed E-state index contributed by atoms with van der Waals surface area (Å²) in [5.41, 5.74) is 3.18. The standard InChI is InChI=1S/C33H43N5O5S/c1-5-37-29-18-24(19-30(27(29)21-35-37)38-15-10-16-44(38,41)42)32(40)36-28(17-23-11-7-6-8-12-23)31(39)22-34-33(2,3)25-13-9-14-26(20-25)43-4/h6-9,11-14,18-21,28,31,34,39,41-42H,5,10,15-17,22H2,1-4H3,(H,36,40)/t28-,31-/m0/s1. The Morgan fingerprint density at radius 3 is 2.57 bits per heavy atom. The molecule has 44 heavy (non-hydrogen) atoms. The van der Waals surface area contributed by atoms with Gasteiger partial charge in [-0.15, -0.1) is 10.8 Å². The number of aliphatic hydroxyl groups is 1. The number of methoxy groups -OCH3 is 1. The van der Waals surface area contributed by atoms with Crippen LogP contribution in [-0.4, -0.2) is 68.0 Å². The van der Waals surface area contributed by atoms with Crippen LogP contribution in [0.25, 0.3) is 10.9 Å². The Kier molecular flexibility index (Phi) is 9.52. The second kappa shape index (κ2) is 13.2. The van der Waals surface area contributed by atoms with Gasteiger partial charge >= 0.3 is 0 Å². The highest BCUT2D eigenvalue weighted by atomic mass is 32.3. The van der Waals surface area contributed by atoms with E-state index in [2.05, 4.69) is 15.7 Å². The predicted octanol–water partition coefficient (Wildman–Crippen LogP) is 5.17. The third-order valence-corrected chi connectivity index (χ3v) is 10.2. The fourth-order valence-electron chi connectivity index (χ4n) is 5.70. The lowest BCUT2D eigenvalue weighted by Gasteiger charge is -2.38. The number of fused-ring (bicyclic) bond motifs is 1. The van der Waals surface area contributed by atoms with E-state index in [0.29, 0.717) is 37.2 Å². The number of amides is 1. The second-order valence-corrected chi connectivity index (χ2v) is 13.9. The number of aromatic nitrogens is 2. The number of benzene rings is 3. The first-order valence-electron chi connectivity index (χ1n) is 15.0. The first kappa shape index (κ1) is 31.8. The zero-order chi connectivity index (χ0) is 31.5. The van der Waals surface area contributed by atoms with Crippen LogP contribution in [0.4, 0.5) is 5.69 Å². The fraction of sp³-hybridized carbons (Fsp3) is 0.394. The van der Waals surface area contributed by atoms with Crippen LogP contribution < -0.4 is 19.7 Å². The minimum absolute atomic E-state index is 0.226. The van der Waals surface area contributed by atoms with Gasteiger partial charge in [-0.2, -0.15) is 5.10 Å². The molecule has 1 amide bonds. The van der Waals surface area contributed by atoms with Crippen molar-refractivity contribution in [3.8, 4) is 5.75 Å². The third kappa shape index (κ3) is 6.87. The van der Waals surface area contributed by atoms with Gasteiger partial charge < -0.3 is 20.5 Å². The van der Waals surface area contributed by atoms with Crippen molar-refractivity contribution in [1.29, 1.82) is 0 Å². The first-order valence-corrected chi connectivity index (χ1v) is 16.6. The molecule has 11 heteroatoms. The lowest BCUT2D eigenvalue weighted by Crippen LogP contribution is -2.51. The molecule has 5 N–H and O–H groups in total. The van der Waals surface area contributed by atoms with Crippen LogP contribution in [0.15, 0.2) is 72.9 Å². The Morgan fingerprint density at radius 2 is 1.89 bits per heavy atom. The molecule has 1 fully saturated rings. The van der Waals surface area contributed by atoms with E-state index >= 15 is 0 Å². The Bertz CT molecular complexity index is 1590. The van der Waals surface area contributed by atoms with Crippen LogP contribution in [0, 0.1) is 0 Å². The van der Waals surface area contributed by atoms with Crippen LogP contribution >= 0.6 is 10.8 Å². The quantitative estimate of drug-likeness (QED) is 0.147. The van der Waals surface area contributed by atoms with Crippen molar-refractivity contribution in [2.75, 3.05) is 30.3 Å². The van der Waals surface area contributed by atoms with Gasteiger partial charge in [0.15, 0.2) is 0 Å². The van der Waals surface area contributed by atoms with Crippen molar-refractivity contribution in [2.24, 2.45) is 0 Å². The molecule has 3 aromatic carbocycles. The maximum atomic E-state index is 13.9. The number of anilines is 1. The summed E-state index contributed by atoms with van der Waals surface area (Å²) in [6, 6.07) is 20.4. The summed E-state index contributed by atoms with van der Waals surface area (Å²) >= 11 is 0. The normalized spacial score (nSPS) is 16.9. The van der Waals surface area contributed by atoms with Crippen LogP contribution in [0.2, 0.25) is 0 Å². The Hall–Kier alpha value is -3.61. The topological polar surface area (TPSA) is 132 Å². The SMILES string of the molecule is CCn1ncc2c(N3CCCS3(O)O)cc(C(=O)N[C@@H](Cc3ccccc3)[C@@H](O)CNC(C)(C)c3cccc(OC)c3)cc21. The molecule has 1 aliphatic heterocycles. The molecule has 0 unspecified atom stereocenters. The van der Waals surface area contributed by atoms with Gasteiger partial charge in [-0.05, 0) is 69.0 Å². The first-order chi connectivity index (χ1) is 21.0.